The van der Waals surface area contributed by atoms with Gasteiger partial charge in [-0.05, 0) is 19.3 Å². The lowest BCUT2D eigenvalue weighted by atomic mass is 10.4. The van der Waals surface area contributed by atoms with Gasteiger partial charge in [0.1, 0.15) is 10.7 Å². The summed E-state index contributed by atoms with van der Waals surface area (Å²) in [5, 5.41) is 3.69. The normalized spacial score (nSPS) is 14.9. The van der Waals surface area contributed by atoms with Crippen LogP contribution in [0, 0.1) is 0 Å². The van der Waals surface area contributed by atoms with Gasteiger partial charge in [0.05, 0.1) is 0 Å². The fourth-order valence-electron chi connectivity index (χ4n) is 2.03. The Hall–Kier alpha value is -1.34. The van der Waals surface area contributed by atoms with E-state index in [1.54, 1.807) is 7.11 Å². The van der Waals surface area contributed by atoms with Gasteiger partial charge in [0.2, 0.25) is 0 Å². The Morgan fingerprint density at radius 2 is 2.26 bits per heavy atom. The smallest absolute Gasteiger partial charge is 0.265 e. The maximum atomic E-state index is 12.0. The first-order chi connectivity index (χ1) is 9.22. The Balaban J connectivity index is 1.93. The number of methoxy groups -OCH3 is 1. The van der Waals surface area contributed by atoms with Gasteiger partial charge in [-0.1, -0.05) is 11.3 Å². The van der Waals surface area contributed by atoms with Crippen molar-refractivity contribution in [2.24, 2.45) is 0 Å². The molecule has 6 nitrogen and oxygen atoms in total. The molecule has 0 aliphatic carbocycles. The van der Waals surface area contributed by atoms with Crippen LogP contribution in [0.1, 0.15) is 28.9 Å². The number of nitrogens with zero attached hydrogens (tertiary/aromatic N) is 2. The molecule has 0 unspecified atom stereocenters. The number of ether oxygens (including phenoxy) is 1. The molecule has 0 bridgehead atoms. The quantitative estimate of drug-likeness (QED) is 0.764. The van der Waals surface area contributed by atoms with Gasteiger partial charge in [0, 0.05) is 33.4 Å². The molecule has 0 radical (unpaired) electrons. The highest BCUT2D eigenvalue weighted by Gasteiger charge is 2.21. The van der Waals surface area contributed by atoms with Gasteiger partial charge in [-0.25, -0.2) is 4.98 Å². The molecule has 19 heavy (non-hydrogen) atoms. The van der Waals surface area contributed by atoms with Crippen LogP contribution in [0.25, 0.3) is 0 Å². The molecule has 1 fully saturated rings. The number of carbonyl (C=O) groups is 1. The van der Waals surface area contributed by atoms with Crippen molar-refractivity contribution < 1.29 is 9.53 Å². The summed E-state index contributed by atoms with van der Waals surface area (Å²) in [6.45, 7) is 3.23. The second-order valence-electron chi connectivity index (χ2n) is 4.51. The van der Waals surface area contributed by atoms with Crippen molar-refractivity contribution in [3.05, 3.63) is 4.88 Å². The zero-order valence-corrected chi connectivity index (χ0v) is 12.0. The number of aromatic nitrogens is 1. The van der Waals surface area contributed by atoms with Crippen LogP contribution in [-0.4, -0.2) is 44.2 Å². The predicted octanol–water partition coefficient (Wildman–Crippen LogP) is 1.09. The van der Waals surface area contributed by atoms with Gasteiger partial charge in [0.25, 0.3) is 5.91 Å². The summed E-state index contributed by atoms with van der Waals surface area (Å²) in [5.41, 5.74) is 5.83. The number of anilines is 2. The third kappa shape index (κ3) is 3.57. The summed E-state index contributed by atoms with van der Waals surface area (Å²) in [6.07, 6.45) is 3.15. The molecule has 0 atom stereocenters. The summed E-state index contributed by atoms with van der Waals surface area (Å²) >= 11 is 1.38. The van der Waals surface area contributed by atoms with E-state index in [0.29, 0.717) is 23.8 Å². The minimum atomic E-state index is -0.142. The maximum absolute atomic E-state index is 12.0. The van der Waals surface area contributed by atoms with Crippen molar-refractivity contribution in [3.8, 4) is 0 Å². The Labute approximate surface area is 116 Å². The average molecular weight is 284 g/mol. The van der Waals surface area contributed by atoms with Crippen LogP contribution in [0.4, 0.5) is 10.9 Å². The van der Waals surface area contributed by atoms with Gasteiger partial charge in [-0.15, -0.1) is 0 Å². The third-order valence-electron chi connectivity index (χ3n) is 3.04. The molecule has 2 rings (SSSR count). The van der Waals surface area contributed by atoms with Gasteiger partial charge >= 0.3 is 0 Å². The molecule has 1 aromatic rings. The number of nitrogens with one attached hydrogen (secondary N) is 1. The zero-order chi connectivity index (χ0) is 13.7. The first kappa shape index (κ1) is 14.1. The Bertz CT molecular complexity index is 429. The molecular formula is C12H20N4O2S. The highest BCUT2D eigenvalue weighted by atomic mass is 32.1. The van der Waals surface area contributed by atoms with Crippen molar-refractivity contribution in [1.82, 2.24) is 10.3 Å². The molecule has 1 saturated heterocycles. The number of rotatable bonds is 6. The van der Waals surface area contributed by atoms with E-state index in [4.69, 9.17) is 10.5 Å². The fourth-order valence-corrected chi connectivity index (χ4v) is 2.98. The lowest BCUT2D eigenvalue weighted by Crippen LogP contribution is -2.25. The van der Waals surface area contributed by atoms with Crippen molar-refractivity contribution in [2.75, 3.05) is 44.0 Å². The molecule has 3 N–H and O–H groups in total. The zero-order valence-electron chi connectivity index (χ0n) is 11.1. The molecule has 1 aliphatic rings. The van der Waals surface area contributed by atoms with E-state index in [1.165, 1.54) is 24.2 Å². The topological polar surface area (TPSA) is 80.5 Å². The van der Waals surface area contributed by atoms with E-state index < -0.39 is 0 Å². The minimum absolute atomic E-state index is 0.142. The van der Waals surface area contributed by atoms with E-state index in [2.05, 4.69) is 15.2 Å². The van der Waals surface area contributed by atoms with Crippen molar-refractivity contribution in [3.63, 3.8) is 0 Å². The van der Waals surface area contributed by atoms with Crippen molar-refractivity contribution in [1.29, 1.82) is 0 Å². The van der Waals surface area contributed by atoms with E-state index in [0.717, 1.165) is 24.6 Å². The van der Waals surface area contributed by atoms with Crippen LogP contribution in [0.3, 0.4) is 0 Å². The molecule has 106 valence electrons. The standard InChI is InChI=1S/C12H20N4O2S/c1-18-8-4-5-14-11(17)9-10(13)15-12(19-9)16-6-2-3-7-16/h2-8,13H2,1H3,(H,14,17). The van der Waals surface area contributed by atoms with Crippen LogP contribution >= 0.6 is 11.3 Å². The number of hydrogen-bond acceptors (Lipinski definition) is 6. The third-order valence-corrected chi connectivity index (χ3v) is 4.17. The largest absolute Gasteiger partial charge is 0.385 e. The van der Waals surface area contributed by atoms with E-state index in [9.17, 15) is 4.79 Å². The predicted molar refractivity (Wildman–Crippen MR) is 76.8 cm³/mol. The Morgan fingerprint density at radius 3 is 2.95 bits per heavy atom. The SMILES string of the molecule is COCCCNC(=O)c1sc(N2CCCC2)nc1N. The highest BCUT2D eigenvalue weighted by Crippen LogP contribution is 2.30. The number of thiazole rings is 1. The molecule has 1 aliphatic heterocycles. The van der Waals surface area contributed by atoms with Gasteiger partial charge in [0.15, 0.2) is 5.13 Å². The lowest BCUT2D eigenvalue weighted by Gasteiger charge is -2.11. The number of hydrogen-bond donors (Lipinski definition) is 2. The monoisotopic (exact) mass is 284 g/mol. The van der Waals surface area contributed by atoms with E-state index >= 15 is 0 Å². The molecule has 1 amide bonds. The molecule has 7 heteroatoms. The summed E-state index contributed by atoms with van der Waals surface area (Å²) in [4.78, 5) is 19.0. The van der Waals surface area contributed by atoms with Crippen LogP contribution in [-0.2, 0) is 4.74 Å². The Kier molecular flexibility index (Phi) is 4.98. The van der Waals surface area contributed by atoms with Crippen molar-refractivity contribution >= 4 is 28.2 Å². The van der Waals surface area contributed by atoms with Gasteiger partial charge in [-0.3, -0.25) is 4.79 Å². The van der Waals surface area contributed by atoms with E-state index in [-0.39, 0.29) is 5.91 Å². The maximum Gasteiger partial charge on any atom is 0.265 e. The summed E-state index contributed by atoms with van der Waals surface area (Å²) in [6, 6.07) is 0. The second-order valence-corrected chi connectivity index (χ2v) is 5.48. The Morgan fingerprint density at radius 1 is 1.53 bits per heavy atom. The second kappa shape index (κ2) is 6.72. The van der Waals surface area contributed by atoms with Gasteiger partial charge < -0.3 is 20.7 Å². The molecule has 0 saturated carbocycles. The average Bonchev–Trinajstić information content (AvgIpc) is 3.03. The van der Waals surface area contributed by atoms with Crippen LogP contribution in [0.2, 0.25) is 0 Å². The number of nitrogens with two attached hydrogens (primary N) is 1. The van der Waals surface area contributed by atoms with Gasteiger partial charge in [-0.2, -0.15) is 0 Å². The highest BCUT2D eigenvalue weighted by molar-refractivity contribution is 7.18. The number of nitrogen functional groups attached to an aromatic ring is 1. The fraction of sp³-hybridized carbons (Fsp3) is 0.667. The van der Waals surface area contributed by atoms with Crippen LogP contribution in [0.15, 0.2) is 0 Å². The van der Waals surface area contributed by atoms with E-state index in [1.807, 2.05) is 0 Å². The minimum Gasteiger partial charge on any atom is -0.385 e. The van der Waals surface area contributed by atoms with Crippen LogP contribution in [0.5, 0.6) is 0 Å². The van der Waals surface area contributed by atoms with Crippen LogP contribution < -0.4 is 16.0 Å². The number of amides is 1. The first-order valence-corrected chi connectivity index (χ1v) is 7.32. The lowest BCUT2D eigenvalue weighted by molar-refractivity contribution is 0.0953. The summed E-state index contributed by atoms with van der Waals surface area (Å²) in [5.74, 6) is 0.188. The summed E-state index contributed by atoms with van der Waals surface area (Å²) < 4.78 is 4.93. The summed E-state index contributed by atoms with van der Waals surface area (Å²) in [7, 11) is 1.64. The molecule has 1 aromatic heterocycles. The molecular weight excluding hydrogens is 264 g/mol. The molecule has 0 spiro atoms. The molecule has 2 heterocycles. The first-order valence-electron chi connectivity index (χ1n) is 6.50. The van der Waals surface area contributed by atoms with Crippen molar-refractivity contribution in [2.45, 2.75) is 19.3 Å². The molecule has 0 aromatic carbocycles. The number of carbonyl (C=O) groups excluding carboxylic acids is 1.